The van der Waals surface area contributed by atoms with Crippen molar-refractivity contribution in [1.29, 1.82) is 0 Å². The third kappa shape index (κ3) is 3.96. The first-order chi connectivity index (χ1) is 10.2. The second-order valence-electron chi connectivity index (χ2n) is 6.54. The molecule has 2 aromatic rings. The van der Waals surface area contributed by atoms with Crippen molar-refractivity contribution in [2.45, 2.75) is 44.6 Å². The first-order valence-electron chi connectivity index (χ1n) is 7.35. The average molecular weight is 317 g/mol. The first kappa shape index (κ1) is 16.7. The van der Waals surface area contributed by atoms with E-state index in [-0.39, 0.29) is 5.41 Å². The highest BCUT2D eigenvalue weighted by Crippen LogP contribution is 2.26. The predicted molar refractivity (Wildman–Crippen MR) is 90.3 cm³/mol. The Hall–Kier alpha value is -1.65. The van der Waals surface area contributed by atoms with E-state index in [9.17, 15) is 8.42 Å². The standard InChI is InChI=1S/C18H23NO2S/c1-14-10-11-16(18(2,3)4)12-17(14)22(20,21)19-13-15-8-6-5-7-9-15/h5-12,19H,13H2,1-4H3. The number of hydrogen-bond acceptors (Lipinski definition) is 2. The molecule has 0 aliphatic carbocycles. The summed E-state index contributed by atoms with van der Waals surface area (Å²) >= 11 is 0. The number of nitrogens with one attached hydrogen (secondary N) is 1. The fourth-order valence-electron chi connectivity index (χ4n) is 2.21. The van der Waals surface area contributed by atoms with E-state index in [0.29, 0.717) is 11.4 Å². The monoisotopic (exact) mass is 317 g/mol. The molecule has 0 heterocycles. The van der Waals surface area contributed by atoms with E-state index in [1.54, 1.807) is 6.07 Å². The Morgan fingerprint density at radius 2 is 1.64 bits per heavy atom. The van der Waals surface area contributed by atoms with E-state index in [4.69, 9.17) is 0 Å². The second-order valence-corrected chi connectivity index (χ2v) is 8.28. The normalized spacial score (nSPS) is 12.4. The van der Waals surface area contributed by atoms with Crippen LogP contribution in [-0.2, 0) is 22.0 Å². The lowest BCUT2D eigenvalue weighted by atomic mass is 9.87. The summed E-state index contributed by atoms with van der Waals surface area (Å²) in [6, 6.07) is 15.2. The van der Waals surface area contributed by atoms with Crippen molar-refractivity contribution in [2.24, 2.45) is 0 Å². The van der Waals surface area contributed by atoms with Gasteiger partial charge in [-0.05, 0) is 35.1 Å². The molecule has 22 heavy (non-hydrogen) atoms. The van der Waals surface area contributed by atoms with Gasteiger partial charge in [-0.1, -0.05) is 63.2 Å². The Kier molecular flexibility index (Phi) is 4.73. The molecule has 0 bridgehead atoms. The van der Waals surface area contributed by atoms with Crippen molar-refractivity contribution in [3.63, 3.8) is 0 Å². The first-order valence-corrected chi connectivity index (χ1v) is 8.83. The van der Waals surface area contributed by atoms with E-state index >= 15 is 0 Å². The highest BCUT2D eigenvalue weighted by molar-refractivity contribution is 7.89. The topological polar surface area (TPSA) is 46.2 Å². The molecule has 0 spiro atoms. The van der Waals surface area contributed by atoms with Crippen LogP contribution < -0.4 is 4.72 Å². The van der Waals surface area contributed by atoms with Crippen LogP contribution in [0.4, 0.5) is 0 Å². The van der Waals surface area contributed by atoms with Crippen LogP contribution in [0.3, 0.4) is 0 Å². The SMILES string of the molecule is Cc1ccc(C(C)(C)C)cc1S(=O)(=O)NCc1ccccc1. The Labute approximate surface area is 133 Å². The van der Waals surface area contributed by atoms with E-state index in [1.807, 2.05) is 49.4 Å². The molecule has 0 aliphatic rings. The van der Waals surface area contributed by atoms with Gasteiger partial charge in [-0.15, -0.1) is 0 Å². The van der Waals surface area contributed by atoms with Gasteiger partial charge in [-0.3, -0.25) is 0 Å². The average Bonchev–Trinajstić information content (AvgIpc) is 2.45. The molecule has 2 aromatic carbocycles. The maximum Gasteiger partial charge on any atom is 0.241 e. The molecule has 0 unspecified atom stereocenters. The molecule has 1 N–H and O–H groups in total. The van der Waals surface area contributed by atoms with Gasteiger partial charge >= 0.3 is 0 Å². The van der Waals surface area contributed by atoms with Crippen LogP contribution in [0.5, 0.6) is 0 Å². The van der Waals surface area contributed by atoms with Crippen molar-refractivity contribution >= 4 is 10.0 Å². The van der Waals surface area contributed by atoms with Gasteiger partial charge in [0.05, 0.1) is 4.90 Å². The lowest BCUT2D eigenvalue weighted by Gasteiger charge is -2.21. The third-order valence-corrected chi connectivity index (χ3v) is 5.20. The number of aryl methyl sites for hydroxylation is 1. The summed E-state index contributed by atoms with van der Waals surface area (Å²) in [6.07, 6.45) is 0. The number of benzene rings is 2. The highest BCUT2D eigenvalue weighted by Gasteiger charge is 2.21. The fourth-order valence-corrected chi connectivity index (χ4v) is 3.49. The van der Waals surface area contributed by atoms with Gasteiger partial charge in [-0.2, -0.15) is 0 Å². The van der Waals surface area contributed by atoms with Crippen molar-refractivity contribution in [3.8, 4) is 0 Å². The van der Waals surface area contributed by atoms with Crippen molar-refractivity contribution in [1.82, 2.24) is 4.72 Å². The lowest BCUT2D eigenvalue weighted by molar-refractivity contribution is 0.575. The molecule has 118 valence electrons. The van der Waals surface area contributed by atoms with Gasteiger partial charge in [0.1, 0.15) is 0 Å². The molecule has 2 rings (SSSR count). The van der Waals surface area contributed by atoms with E-state index < -0.39 is 10.0 Å². The minimum absolute atomic E-state index is 0.0859. The summed E-state index contributed by atoms with van der Waals surface area (Å²) in [7, 11) is -3.52. The van der Waals surface area contributed by atoms with Gasteiger partial charge in [0.2, 0.25) is 10.0 Å². The summed E-state index contributed by atoms with van der Waals surface area (Å²) in [6.45, 7) is 8.34. The molecular formula is C18H23NO2S. The zero-order chi connectivity index (χ0) is 16.4. The Morgan fingerprint density at radius 3 is 2.23 bits per heavy atom. The van der Waals surface area contributed by atoms with Crippen LogP contribution in [0.15, 0.2) is 53.4 Å². The molecular weight excluding hydrogens is 294 g/mol. The third-order valence-electron chi connectivity index (χ3n) is 3.65. The molecule has 0 saturated carbocycles. The predicted octanol–water partition coefficient (Wildman–Crippen LogP) is 3.77. The highest BCUT2D eigenvalue weighted by atomic mass is 32.2. The molecule has 0 saturated heterocycles. The number of hydrogen-bond donors (Lipinski definition) is 1. The Bertz CT molecular complexity index is 744. The van der Waals surface area contributed by atoms with Gasteiger partial charge in [0, 0.05) is 6.54 Å². The second kappa shape index (κ2) is 6.23. The minimum atomic E-state index is -3.52. The summed E-state index contributed by atoms with van der Waals surface area (Å²) in [5.41, 5.74) is 2.62. The van der Waals surface area contributed by atoms with Crippen LogP contribution in [-0.4, -0.2) is 8.42 Å². The fraction of sp³-hybridized carbons (Fsp3) is 0.333. The van der Waals surface area contributed by atoms with E-state index in [2.05, 4.69) is 25.5 Å². The van der Waals surface area contributed by atoms with Crippen LogP contribution in [0, 0.1) is 6.92 Å². The minimum Gasteiger partial charge on any atom is -0.207 e. The zero-order valence-corrected chi connectivity index (χ0v) is 14.4. The van der Waals surface area contributed by atoms with Crippen LogP contribution in [0.25, 0.3) is 0 Å². The molecule has 3 nitrogen and oxygen atoms in total. The summed E-state index contributed by atoms with van der Waals surface area (Å²) in [4.78, 5) is 0.357. The smallest absolute Gasteiger partial charge is 0.207 e. The van der Waals surface area contributed by atoms with Gasteiger partial charge in [0.25, 0.3) is 0 Å². The summed E-state index contributed by atoms with van der Waals surface area (Å²) < 4.78 is 27.9. The van der Waals surface area contributed by atoms with E-state index in [0.717, 1.165) is 16.7 Å². The maximum atomic E-state index is 12.6. The molecule has 4 heteroatoms. The quantitative estimate of drug-likeness (QED) is 0.933. The maximum absolute atomic E-state index is 12.6. The van der Waals surface area contributed by atoms with Crippen molar-refractivity contribution < 1.29 is 8.42 Å². The Morgan fingerprint density at radius 1 is 1.00 bits per heavy atom. The van der Waals surface area contributed by atoms with E-state index in [1.165, 1.54) is 0 Å². The molecule has 0 atom stereocenters. The van der Waals surface area contributed by atoms with Gasteiger partial charge in [-0.25, -0.2) is 13.1 Å². The van der Waals surface area contributed by atoms with Crippen LogP contribution in [0.2, 0.25) is 0 Å². The number of sulfonamides is 1. The summed E-state index contributed by atoms with van der Waals surface area (Å²) in [5, 5.41) is 0. The van der Waals surface area contributed by atoms with Crippen LogP contribution in [0.1, 0.15) is 37.5 Å². The van der Waals surface area contributed by atoms with Crippen molar-refractivity contribution in [3.05, 3.63) is 65.2 Å². The Balaban J connectivity index is 2.29. The van der Waals surface area contributed by atoms with Crippen molar-refractivity contribution in [2.75, 3.05) is 0 Å². The molecule has 0 aromatic heterocycles. The molecule has 0 radical (unpaired) electrons. The molecule has 0 amide bonds. The number of rotatable bonds is 4. The van der Waals surface area contributed by atoms with Gasteiger partial charge in [0.15, 0.2) is 0 Å². The van der Waals surface area contributed by atoms with Crippen LogP contribution >= 0.6 is 0 Å². The summed E-state index contributed by atoms with van der Waals surface area (Å²) in [5.74, 6) is 0. The zero-order valence-electron chi connectivity index (χ0n) is 13.6. The molecule has 0 aliphatic heterocycles. The largest absolute Gasteiger partial charge is 0.241 e. The molecule has 0 fully saturated rings. The van der Waals surface area contributed by atoms with Gasteiger partial charge < -0.3 is 0 Å². The lowest BCUT2D eigenvalue weighted by Crippen LogP contribution is -2.24.